The van der Waals surface area contributed by atoms with Gasteiger partial charge in [-0.25, -0.2) is 4.39 Å². The van der Waals surface area contributed by atoms with Crippen LogP contribution in [0.25, 0.3) is 0 Å². The Morgan fingerprint density at radius 3 is 2.60 bits per heavy atom. The average molecular weight is 435 g/mol. The van der Waals surface area contributed by atoms with Gasteiger partial charge in [0.2, 0.25) is 11.8 Å². The summed E-state index contributed by atoms with van der Waals surface area (Å²) < 4.78 is 23.7. The predicted molar refractivity (Wildman–Crippen MR) is 104 cm³/mol. The molecule has 1 heterocycles. The summed E-state index contributed by atoms with van der Waals surface area (Å²) >= 11 is 5.62. The lowest BCUT2D eigenvalue weighted by Crippen LogP contribution is -2.78. The zero-order valence-corrected chi connectivity index (χ0v) is 17.0. The molecule has 1 aromatic heterocycles. The number of nitrogens with one attached hydrogen (secondary N) is 2. The fourth-order valence-corrected chi connectivity index (χ4v) is 4.24. The molecule has 0 saturated heterocycles. The zero-order chi connectivity index (χ0) is 21.4. The van der Waals surface area contributed by atoms with Crippen molar-refractivity contribution in [2.45, 2.75) is 31.3 Å². The van der Waals surface area contributed by atoms with Crippen LogP contribution in [0, 0.1) is 11.2 Å². The normalized spacial score (nSPS) is 23.6. The van der Waals surface area contributed by atoms with Crippen molar-refractivity contribution < 1.29 is 23.5 Å². The van der Waals surface area contributed by atoms with Gasteiger partial charge in [0, 0.05) is 17.7 Å². The predicted octanol–water partition coefficient (Wildman–Crippen LogP) is 2.01. The summed E-state index contributed by atoms with van der Waals surface area (Å²) in [5.74, 6) is -0.339. The van der Waals surface area contributed by atoms with Gasteiger partial charge in [-0.2, -0.15) is 5.10 Å². The number of ether oxygens (including phenoxy) is 2. The van der Waals surface area contributed by atoms with Crippen molar-refractivity contribution in [2.24, 2.45) is 5.41 Å². The van der Waals surface area contributed by atoms with E-state index in [2.05, 4.69) is 20.8 Å². The zero-order valence-electron chi connectivity index (χ0n) is 16.2. The molecule has 0 radical (unpaired) electrons. The number of benzene rings is 1. The third kappa shape index (κ3) is 3.89. The molecule has 8 nitrogen and oxygen atoms in total. The summed E-state index contributed by atoms with van der Waals surface area (Å²) in [5.41, 5.74) is -0.162. The largest absolute Gasteiger partial charge is 0.484 e. The van der Waals surface area contributed by atoms with E-state index in [1.165, 1.54) is 19.2 Å². The van der Waals surface area contributed by atoms with Gasteiger partial charge in [-0.3, -0.25) is 9.59 Å². The fourth-order valence-electron chi connectivity index (χ4n) is 4.12. The van der Waals surface area contributed by atoms with Crippen molar-refractivity contribution in [2.75, 3.05) is 13.7 Å². The molecule has 3 saturated carbocycles. The summed E-state index contributed by atoms with van der Waals surface area (Å²) in [5, 5.41) is 13.6. The Hall–Kier alpha value is -2.94. The summed E-state index contributed by atoms with van der Waals surface area (Å²) in [6.07, 6.45) is 1.75. The van der Waals surface area contributed by atoms with Crippen molar-refractivity contribution in [3.63, 3.8) is 0 Å². The Bertz CT molecular complexity index is 965. The lowest BCUT2D eigenvalue weighted by atomic mass is 9.39. The van der Waals surface area contributed by atoms with Crippen molar-refractivity contribution in [3.8, 4) is 11.6 Å². The summed E-state index contributed by atoms with van der Waals surface area (Å²) in [6.45, 7) is 0.0422. The first-order valence-corrected chi connectivity index (χ1v) is 9.75. The van der Waals surface area contributed by atoms with Crippen LogP contribution in [0.5, 0.6) is 11.6 Å². The number of amides is 2. The lowest BCUT2D eigenvalue weighted by Gasteiger charge is -2.69. The first kappa shape index (κ1) is 20.3. The summed E-state index contributed by atoms with van der Waals surface area (Å²) in [4.78, 5) is 24.7. The maximum atomic E-state index is 13.4. The smallest absolute Gasteiger partial charge is 0.258 e. The second kappa shape index (κ2) is 7.71. The third-order valence-corrected chi connectivity index (χ3v) is 5.82. The van der Waals surface area contributed by atoms with E-state index < -0.39 is 11.2 Å². The molecule has 3 aliphatic rings. The molecular formula is C20H20ClFN4O4. The van der Waals surface area contributed by atoms with Crippen molar-refractivity contribution in [3.05, 3.63) is 46.9 Å². The van der Waals surface area contributed by atoms with E-state index in [0.717, 1.165) is 6.07 Å². The molecule has 30 heavy (non-hydrogen) atoms. The van der Waals surface area contributed by atoms with Gasteiger partial charge in [-0.15, -0.1) is 5.10 Å². The Labute approximate surface area is 177 Å². The van der Waals surface area contributed by atoms with E-state index >= 15 is 0 Å². The highest BCUT2D eigenvalue weighted by Crippen LogP contribution is 2.67. The van der Waals surface area contributed by atoms with E-state index in [1.807, 2.05) is 0 Å². The molecule has 10 heteroatoms. The van der Waals surface area contributed by atoms with Gasteiger partial charge < -0.3 is 20.1 Å². The number of hydrogen-bond acceptors (Lipinski definition) is 6. The first-order valence-electron chi connectivity index (χ1n) is 9.37. The Kier molecular flexibility index (Phi) is 5.23. The Morgan fingerprint density at radius 1 is 1.20 bits per heavy atom. The Morgan fingerprint density at radius 2 is 1.97 bits per heavy atom. The van der Waals surface area contributed by atoms with Crippen LogP contribution in [0.2, 0.25) is 5.02 Å². The number of carbonyl (C=O) groups is 2. The number of methoxy groups -OCH3 is 1. The lowest BCUT2D eigenvalue weighted by molar-refractivity contribution is -0.184. The van der Waals surface area contributed by atoms with Crippen LogP contribution in [0.1, 0.15) is 25.0 Å². The molecule has 2 aromatic rings. The number of rotatable bonds is 8. The van der Waals surface area contributed by atoms with Gasteiger partial charge in [-0.1, -0.05) is 11.6 Å². The number of halogens is 2. The molecule has 0 aliphatic heterocycles. The SMILES string of the molecule is COc1ccc(CNC(=O)C23CC(NC(=O)COc4ccc(Cl)c(F)c4)(C2)C3)nn1. The van der Waals surface area contributed by atoms with Crippen LogP contribution in [0.3, 0.4) is 0 Å². The van der Waals surface area contributed by atoms with Gasteiger partial charge in [0.05, 0.1) is 29.8 Å². The molecule has 1 aromatic carbocycles. The van der Waals surface area contributed by atoms with Crippen LogP contribution in [-0.2, 0) is 16.1 Å². The van der Waals surface area contributed by atoms with Gasteiger partial charge in [-0.05, 0) is 37.5 Å². The quantitative estimate of drug-likeness (QED) is 0.659. The maximum absolute atomic E-state index is 13.4. The third-order valence-electron chi connectivity index (χ3n) is 5.51. The number of carbonyl (C=O) groups excluding carboxylic acids is 2. The van der Waals surface area contributed by atoms with Crippen LogP contribution >= 0.6 is 11.6 Å². The van der Waals surface area contributed by atoms with Crippen LogP contribution < -0.4 is 20.1 Å². The first-order chi connectivity index (χ1) is 14.3. The van der Waals surface area contributed by atoms with Crippen LogP contribution in [0.4, 0.5) is 4.39 Å². The minimum Gasteiger partial charge on any atom is -0.484 e. The van der Waals surface area contributed by atoms with E-state index in [0.29, 0.717) is 30.8 Å². The van der Waals surface area contributed by atoms with Gasteiger partial charge in [0.25, 0.3) is 5.91 Å². The van der Waals surface area contributed by atoms with Crippen LogP contribution in [0.15, 0.2) is 30.3 Å². The number of hydrogen-bond donors (Lipinski definition) is 2. The molecule has 2 bridgehead atoms. The Balaban J connectivity index is 1.20. The second-order valence-electron chi connectivity index (χ2n) is 7.75. The van der Waals surface area contributed by atoms with Gasteiger partial charge in [0.15, 0.2) is 6.61 Å². The highest BCUT2D eigenvalue weighted by molar-refractivity contribution is 6.30. The molecule has 0 spiro atoms. The van der Waals surface area contributed by atoms with Crippen LogP contribution in [-0.4, -0.2) is 41.3 Å². The minimum atomic E-state index is -0.609. The molecule has 0 atom stereocenters. The molecule has 5 rings (SSSR count). The monoisotopic (exact) mass is 434 g/mol. The summed E-state index contributed by atoms with van der Waals surface area (Å²) in [6, 6.07) is 7.41. The van der Waals surface area contributed by atoms with Gasteiger partial charge in [0.1, 0.15) is 11.6 Å². The molecular weight excluding hydrogens is 415 g/mol. The number of nitrogens with zero attached hydrogens (tertiary/aromatic N) is 2. The average Bonchev–Trinajstić information content (AvgIpc) is 2.69. The fraction of sp³-hybridized carbons (Fsp3) is 0.400. The van der Waals surface area contributed by atoms with E-state index in [1.54, 1.807) is 12.1 Å². The molecule has 158 valence electrons. The standard InChI is InChI=1S/C20H20ClFN4O4/c1-29-17-5-2-12(25-26-17)7-23-18(28)19-9-20(10-19,11-19)24-16(27)8-30-13-3-4-14(21)15(22)6-13/h2-6H,7-11H2,1H3,(H,23,28)(H,24,27). The van der Waals surface area contributed by atoms with E-state index in [9.17, 15) is 14.0 Å². The van der Waals surface area contributed by atoms with Crippen molar-refractivity contribution >= 4 is 23.4 Å². The van der Waals surface area contributed by atoms with Crippen molar-refractivity contribution in [1.29, 1.82) is 0 Å². The van der Waals surface area contributed by atoms with E-state index in [-0.39, 0.29) is 41.3 Å². The van der Waals surface area contributed by atoms with Gasteiger partial charge >= 0.3 is 0 Å². The molecule has 3 fully saturated rings. The number of aromatic nitrogens is 2. The minimum absolute atomic E-state index is 0.0109. The second-order valence-corrected chi connectivity index (χ2v) is 8.16. The molecule has 0 unspecified atom stereocenters. The highest BCUT2D eigenvalue weighted by atomic mass is 35.5. The van der Waals surface area contributed by atoms with E-state index in [4.69, 9.17) is 21.1 Å². The summed E-state index contributed by atoms with van der Waals surface area (Å²) in [7, 11) is 1.51. The molecule has 2 amide bonds. The molecule has 2 N–H and O–H groups in total. The topological polar surface area (TPSA) is 102 Å². The van der Waals surface area contributed by atoms with Crippen molar-refractivity contribution in [1.82, 2.24) is 20.8 Å². The maximum Gasteiger partial charge on any atom is 0.258 e. The molecule has 3 aliphatic carbocycles. The highest BCUT2D eigenvalue weighted by Gasteiger charge is 2.72.